The molecule has 1 heterocycles. The number of hydrogen-bond donors (Lipinski definition) is 1. The molecule has 0 radical (unpaired) electrons. The Labute approximate surface area is 117 Å². The predicted molar refractivity (Wildman–Crippen MR) is 80.9 cm³/mol. The second-order valence-electron chi connectivity index (χ2n) is 5.66. The van der Waals surface area contributed by atoms with Gasteiger partial charge in [0.2, 0.25) is 0 Å². The van der Waals surface area contributed by atoms with Crippen molar-refractivity contribution >= 4 is 0 Å². The van der Waals surface area contributed by atoms with Gasteiger partial charge in [-0.25, -0.2) is 0 Å². The predicted octanol–water partition coefficient (Wildman–Crippen LogP) is 4.11. The molecule has 2 nitrogen and oxygen atoms in total. The van der Waals surface area contributed by atoms with Crippen molar-refractivity contribution in [3.63, 3.8) is 0 Å². The van der Waals surface area contributed by atoms with Crippen LogP contribution in [0.1, 0.15) is 57.4 Å². The molecule has 1 fully saturated rings. The van der Waals surface area contributed by atoms with Crippen molar-refractivity contribution in [1.82, 2.24) is 5.32 Å². The van der Waals surface area contributed by atoms with E-state index >= 15 is 0 Å². The van der Waals surface area contributed by atoms with Gasteiger partial charge >= 0.3 is 0 Å². The van der Waals surface area contributed by atoms with E-state index < -0.39 is 0 Å². The van der Waals surface area contributed by atoms with Crippen LogP contribution in [0, 0.1) is 0 Å². The van der Waals surface area contributed by atoms with Gasteiger partial charge in [0.15, 0.2) is 0 Å². The molecule has 1 aliphatic rings. The third-order valence-electron chi connectivity index (χ3n) is 4.19. The van der Waals surface area contributed by atoms with E-state index in [1.807, 2.05) is 0 Å². The van der Waals surface area contributed by atoms with E-state index in [2.05, 4.69) is 43.4 Å². The monoisotopic (exact) mass is 261 g/mol. The molecule has 2 unspecified atom stereocenters. The average Bonchev–Trinajstić information content (AvgIpc) is 2.96. The molecule has 0 aromatic heterocycles. The molecule has 1 N–H and O–H groups in total. The van der Waals surface area contributed by atoms with Gasteiger partial charge in [0.1, 0.15) is 5.75 Å². The molecule has 19 heavy (non-hydrogen) atoms. The Morgan fingerprint density at radius 1 is 1.32 bits per heavy atom. The molecule has 2 atom stereocenters. The lowest BCUT2D eigenvalue weighted by molar-refractivity contribution is 0.299. The Morgan fingerprint density at radius 3 is 2.74 bits per heavy atom. The maximum atomic E-state index is 5.81. The fourth-order valence-electron chi connectivity index (χ4n) is 2.65. The Bertz CT molecular complexity index is 354. The molecule has 0 saturated carbocycles. The number of hydrogen-bond acceptors (Lipinski definition) is 2. The fraction of sp³-hybridized carbons (Fsp3) is 0.647. The summed E-state index contributed by atoms with van der Waals surface area (Å²) in [7, 11) is 0. The molecule has 0 spiro atoms. The normalized spacial score (nSPS) is 20.4. The molecular weight excluding hydrogens is 234 g/mol. The van der Waals surface area contributed by atoms with E-state index in [4.69, 9.17) is 4.74 Å². The highest BCUT2D eigenvalue weighted by Crippen LogP contribution is 2.21. The lowest BCUT2D eigenvalue weighted by Gasteiger charge is -2.12. The summed E-state index contributed by atoms with van der Waals surface area (Å²) in [6.07, 6.45) is 6.25. The highest BCUT2D eigenvalue weighted by molar-refractivity contribution is 5.29. The Morgan fingerprint density at radius 2 is 2.11 bits per heavy atom. The lowest BCUT2D eigenvalue weighted by atomic mass is 9.99. The molecule has 1 aliphatic heterocycles. The first kappa shape index (κ1) is 14.4. The van der Waals surface area contributed by atoms with E-state index in [9.17, 15) is 0 Å². The van der Waals surface area contributed by atoms with Crippen LogP contribution in [0.15, 0.2) is 24.3 Å². The zero-order valence-corrected chi connectivity index (χ0v) is 12.3. The first-order chi connectivity index (χ1) is 9.29. The van der Waals surface area contributed by atoms with E-state index in [0.717, 1.165) is 24.8 Å². The van der Waals surface area contributed by atoms with Gasteiger partial charge in [0.25, 0.3) is 0 Å². The largest absolute Gasteiger partial charge is 0.494 e. The van der Waals surface area contributed by atoms with Crippen LogP contribution >= 0.6 is 0 Å². The van der Waals surface area contributed by atoms with E-state index in [1.54, 1.807) is 0 Å². The molecule has 0 bridgehead atoms. The quantitative estimate of drug-likeness (QED) is 0.746. The van der Waals surface area contributed by atoms with Crippen LogP contribution in [-0.2, 0) is 0 Å². The second kappa shape index (κ2) is 7.54. The minimum absolute atomic E-state index is 0.641. The first-order valence-electron chi connectivity index (χ1n) is 7.75. The van der Waals surface area contributed by atoms with Gasteiger partial charge in [-0.2, -0.15) is 0 Å². The third-order valence-corrected chi connectivity index (χ3v) is 4.19. The molecule has 106 valence electrons. The highest BCUT2D eigenvalue weighted by Gasteiger charge is 2.12. The van der Waals surface area contributed by atoms with E-state index in [1.165, 1.54) is 37.8 Å². The first-order valence-corrected chi connectivity index (χ1v) is 7.75. The van der Waals surface area contributed by atoms with Gasteiger partial charge in [-0.15, -0.1) is 0 Å². The van der Waals surface area contributed by atoms with Crippen molar-refractivity contribution in [3.8, 4) is 5.75 Å². The Balaban J connectivity index is 1.67. The van der Waals surface area contributed by atoms with Crippen molar-refractivity contribution in [3.05, 3.63) is 29.8 Å². The maximum absolute atomic E-state index is 5.81. The summed E-state index contributed by atoms with van der Waals surface area (Å²) >= 11 is 0. The van der Waals surface area contributed by atoms with Crippen LogP contribution in [0.2, 0.25) is 0 Å². The molecule has 1 aromatic carbocycles. The zero-order chi connectivity index (χ0) is 13.5. The van der Waals surface area contributed by atoms with Gasteiger partial charge in [-0.05, 0) is 62.3 Å². The summed E-state index contributed by atoms with van der Waals surface area (Å²) in [5, 5.41) is 3.53. The Kier molecular flexibility index (Phi) is 5.71. The van der Waals surface area contributed by atoms with Crippen LogP contribution in [0.3, 0.4) is 0 Å². The summed E-state index contributed by atoms with van der Waals surface area (Å²) in [6.45, 7) is 6.53. The third kappa shape index (κ3) is 4.54. The molecule has 0 aliphatic carbocycles. The smallest absolute Gasteiger partial charge is 0.119 e. The molecule has 2 rings (SSSR count). The average molecular weight is 261 g/mol. The molecule has 1 aromatic rings. The van der Waals surface area contributed by atoms with Crippen molar-refractivity contribution < 1.29 is 4.74 Å². The summed E-state index contributed by atoms with van der Waals surface area (Å²) in [5.41, 5.74) is 1.41. The van der Waals surface area contributed by atoms with Gasteiger partial charge in [0.05, 0.1) is 6.61 Å². The number of nitrogens with one attached hydrogen (secondary N) is 1. The zero-order valence-electron chi connectivity index (χ0n) is 12.3. The van der Waals surface area contributed by atoms with Crippen molar-refractivity contribution in [2.45, 2.75) is 57.9 Å². The lowest BCUT2D eigenvalue weighted by Crippen LogP contribution is -2.21. The van der Waals surface area contributed by atoms with Crippen LogP contribution < -0.4 is 10.1 Å². The van der Waals surface area contributed by atoms with Crippen LogP contribution in [-0.4, -0.2) is 19.2 Å². The molecule has 2 heteroatoms. The minimum Gasteiger partial charge on any atom is -0.494 e. The van der Waals surface area contributed by atoms with Crippen molar-refractivity contribution in [1.29, 1.82) is 0 Å². The van der Waals surface area contributed by atoms with E-state index in [-0.39, 0.29) is 0 Å². The van der Waals surface area contributed by atoms with E-state index in [0.29, 0.717) is 5.92 Å². The standard InChI is InChI=1S/C17H27NO/c1-3-14(2)15-8-10-17(11-9-15)19-13-5-7-16-6-4-12-18-16/h8-11,14,16,18H,3-7,12-13H2,1-2H3. The number of benzene rings is 1. The van der Waals surface area contributed by atoms with Crippen LogP contribution in [0.4, 0.5) is 0 Å². The fourth-order valence-corrected chi connectivity index (χ4v) is 2.65. The summed E-state index contributed by atoms with van der Waals surface area (Å²) in [4.78, 5) is 0. The number of ether oxygens (including phenoxy) is 1. The van der Waals surface area contributed by atoms with Gasteiger partial charge < -0.3 is 10.1 Å². The van der Waals surface area contributed by atoms with Crippen molar-refractivity contribution in [2.24, 2.45) is 0 Å². The summed E-state index contributed by atoms with van der Waals surface area (Å²) < 4.78 is 5.81. The van der Waals surface area contributed by atoms with Crippen molar-refractivity contribution in [2.75, 3.05) is 13.2 Å². The molecule has 0 amide bonds. The van der Waals surface area contributed by atoms with Gasteiger partial charge in [-0.3, -0.25) is 0 Å². The Hall–Kier alpha value is -1.02. The summed E-state index contributed by atoms with van der Waals surface area (Å²) in [5.74, 6) is 1.65. The maximum Gasteiger partial charge on any atom is 0.119 e. The van der Waals surface area contributed by atoms with Gasteiger partial charge in [-0.1, -0.05) is 26.0 Å². The highest BCUT2D eigenvalue weighted by atomic mass is 16.5. The van der Waals surface area contributed by atoms with Crippen LogP contribution in [0.5, 0.6) is 5.75 Å². The number of rotatable bonds is 7. The molecular formula is C17H27NO. The SMILES string of the molecule is CCC(C)c1ccc(OCCCC2CCCN2)cc1. The summed E-state index contributed by atoms with van der Waals surface area (Å²) in [6, 6.07) is 9.34. The molecule has 1 saturated heterocycles. The second-order valence-corrected chi connectivity index (χ2v) is 5.66. The topological polar surface area (TPSA) is 21.3 Å². The van der Waals surface area contributed by atoms with Gasteiger partial charge in [0, 0.05) is 6.04 Å². The minimum atomic E-state index is 0.641. The van der Waals surface area contributed by atoms with Crippen LogP contribution in [0.25, 0.3) is 0 Å².